The van der Waals surface area contributed by atoms with Crippen LogP contribution in [0, 0.1) is 13.8 Å². The number of nitrogens with zero attached hydrogens (tertiary/aromatic N) is 3. The molecular weight excluding hydrogens is 270 g/mol. The van der Waals surface area contributed by atoms with E-state index in [4.69, 9.17) is 0 Å². The number of aryl methyl sites for hydroxylation is 2. The SMILES string of the molecule is Cc1ccc([C@@H](C)n2cnc3c(C)csc3c2=O)cn1. The van der Waals surface area contributed by atoms with Crippen molar-refractivity contribution in [2.45, 2.75) is 26.8 Å². The highest BCUT2D eigenvalue weighted by Crippen LogP contribution is 2.21. The van der Waals surface area contributed by atoms with Gasteiger partial charge in [-0.25, -0.2) is 4.98 Å². The summed E-state index contributed by atoms with van der Waals surface area (Å²) in [5.41, 5.74) is 3.86. The molecule has 5 heteroatoms. The summed E-state index contributed by atoms with van der Waals surface area (Å²) in [5, 5.41) is 1.97. The highest BCUT2D eigenvalue weighted by Gasteiger charge is 2.14. The third kappa shape index (κ3) is 2.04. The maximum atomic E-state index is 12.5. The van der Waals surface area contributed by atoms with Gasteiger partial charge in [0.05, 0.1) is 17.9 Å². The molecule has 102 valence electrons. The Bertz CT molecular complexity index is 817. The van der Waals surface area contributed by atoms with Crippen LogP contribution in [0.2, 0.25) is 0 Å². The van der Waals surface area contributed by atoms with Crippen molar-refractivity contribution in [1.29, 1.82) is 0 Å². The Kier molecular flexibility index (Phi) is 3.14. The molecule has 20 heavy (non-hydrogen) atoms. The third-order valence-corrected chi connectivity index (χ3v) is 4.59. The second-order valence-corrected chi connectivity index (χ2v) is 5.84. The van der Waals surface area contributed by atoms with E-state index in [0.29, 0.717) is 0 Å². The molecule has 0 bridgehead atoms. The van der Waals surface area contributed by atoms with E-state index in [0.717, 1.165) is 27.0 Å². The molecule has 0 saturated carbocycles. The third-order valence-electron chi connectivity index (χ3n) is 3.52. The van der Waals surface area contributed by atoms with Gasteiger partial charge in [0.15, 0.2) is 0 Å². The van der Waals surface area contributed by atoms with Crippen LogP contribution in [0.1, 0.15) is 29.8 Å². The van der Waals surface area contributed by atoms with E-state index >= 15 is 0 Å². The van der Waals surface area contributed by atoms with Crippen LogP contribution in [0.5, 0.6) is 0 Å². The summed E-state index contributed by atoms with van der Waals surface area (Å²) in [6.07, 6.45) is 3.45. The zero-order valence-corrected chi connectivity index (χ0v) is 12.4. The van der Waals surface area contributed by atoms with Gasteiger partial charge in [-0.3, -0.25) is 14.3 Å². The van der Waals surface area contributed by atoms with E-state index in [2.05, 4.69) is 9.97 Å². The molecule has 0 saturated heterocycles. The lowest BCUT2D eigenvalue weighted by Gasteiger charge is -2.14. The maximum Gasteiger partial charge on any atom is 0.271 e. The van der Waals surface area contributed by atoms with Crippen LogP contribution in [-0.2, 0) is 0 Å². The van der Waals surface area contributed by atoms with Gasteiger partial charge < -0.3 is 0 Å². The Labute approximate surface area is 120 Å². The van der Waals surface area contributed by atoms with Crippen molar-refractivity contribution >= 4 is 21.6 Å². The van der Waals surface area contributed by atoms with Crippen LogP contribution in [0.25, 0.3) is 10.2 Å². The van der Waals surface area contributed by atoms with Crippen molar-refractivity contribution in [3.05, 3.63) is 57.2 Å². The molecule has 0 fully saturated rings. The minimum atomic E-state index is -0.0742. The smallest absolute Gasteiger partial charge is 0.271 e. The number of hydrogen-bond donors (Lipinski definition) is 0. The molecule has 4 nitrogen and oxygen atoms in total. The lowest BCUT2D eigenvalue weighted by atomic mass is 10.1. The molecule has 3 heterocycles. The fourth-order valence-corrected chi connectivity index (χ4v) is 3.14. The first-order valence-corrected chi connectivity index (χ1v) is 7.33. The van der Waals surface area contributed by atoms with E-state index in [1.54, 1.807) is 10.9 Å². The second kappa shape index (κ2) is 4.83. The molecule has 0 radical (unpaired) electrons. The van der Waals surface area contributed by atoms with Crippen molar-refractivity contribution in [2.75, 3.05) is 0 Å². The molecule has 3 aromatic heterocycles. The zero-order chi connectivity index (χ0) is 14.3. The maximum absolute atomic E-state index is 12.5. The fraction of sp³-hybridized carbons (Fsp3) is 0.267. The van der Waals surface area contributed by atoms with Gasteiger partial charge in [0, 0.05) is 11.9 Å². The summed E-state index contributed by atoms with van der Waals surface area (Å²) >= 11 is 1.46. The molecule has 0 spiro atoms. The van der Waals surface area contributed by atoms with E-state index in [-0.39, 0.29) is 11.6 Å². The number of fused-ring (bicyclic) bond motifs is 1. The number of rotatable bonds is 2. The van der Waals surface area contributed by atoms with Gasteiger partial charge in [0.1, 0.15) is 4.70 Å². The average Bonchev–Trinajstić information content (AvgIpc) is 2.82. The van der Waals surface area contributed by atoms with Gasteiger partial charge in [0.25, 0.3) is 5.56 Å². The van der Waals surface area contributed by atoms with E-state index in [1.165, 1.54) is 11.3 Å². The Morgan fingerprint density at radius 2 is 2.05 bits per heavy atom. The van der Waals surface area contributed by atoms with Gasteiger partial charge in [0.2, 0.25) is 0 Å². The van der Waals surface area contributed by atoms with Gasteiger partial charge >= 0.3 is 0 Å². The van der Waals surface area contributed by atoms with Crippen molar-refractivity contribution in [3.63, 3.8) is 0 Å². The first kappa shape index (κ1) is 13.0. The van der Waals surface area contributed by atoms with Crippen molar-refractivity contribution in [2.24, 2.45) is 0 Å². The first-order chi connectivity index (χ1) is 9.58. The highest BCUT2D eigenvalue weighted by molar-refractivity contribution is 7.17. The average molecular weight is 285 g/mol. The second-order valence-electron chi connectivity index (χ2n) is 4.96. The lowest BCUT2D eigenvalue weighted by Crippen LogP contribution is -2.23. The van der Waals surface area contributed by atoms with Crippen molar-refractivity contribution in [3.8, 4) is 0 Å². The molecule has 0 aliphatic rings. The lowest BCUT2D eigenvalue weighted by molar-refractivity contribution is 0.607. The quantitative estimate of drug-likeness (QED) is 0.727. The van der Waals surface area contributed by atoms with E-state index in [1.807, 2.05) is 44.5 Å². The Morgan fingerprint density at radius 1 is 1.25 bits per heavy atom. The van der Waals surface area contributed by atoms with Gasteiger partial charge in [-0.15, -0.1) is 11.3 Å². The van der Waals surface area contributed by atoms with Crippen molar-refractivity contribution < 1.29 is 0 Å². The number of aromatic nitrogens is 3. The van der Waals surface area contributed by atoms with E-state index < -0.39 is 0 Å². The summed E-state index contributed by atoms with van der Waals surface area (Å²) in [7, 11) is 0. The number of hydrogen-bond acceptors (Lipinski definition) is 4. The van der Waals surface area contributed by atoms with Crippen LogP contribution in [0.4, 0.5) is 0 Å². The highest BCUT2D eigenvalue weighted by atomic mass is 32.1. The Morgan fingerprint density at radius 3 is 2.75 bits per heavy atom. The first-order valence-electron chi connectivity index (χ1n) is 6.45. The number of thiophene rings is 1. The summed E-state index contributed by atoms with van der Waals surface area (Å²) in [4.78, 5) is 21.2. The molecule has 0 N–H and O–H groups in total. The molecule has 3 rings (SSSR count). The van der Waals surface area contributed by atoms with Crippen LogP contribution in [-0.4, -0.2) is 14.5 Å². The van der Waals surface area contributed by atoms with Gasteiger partial charge in [-0.2, -0.15) is 0 Å². The topological polar surface area (TPSA) is 47.8 Å². The molecule has 0 amide bonds. The molecule has 3 aromatic rings. The molecule has 0 aliphatic carbocycles. The minimum absolute atomic E-state index is 0.0150. The predicted octanol–water partition coefficient (Wildman–Crippen LogP) is 3.08. The molecule has 0 aliphatic heterocycles. The Hall–Kier alpha value is -2.01. The van der Waals surface area contributed by atoms with Gasteiger partial charge in [-0.1, -0.05) is 6.07 Å². The van der Waals surface area contributed by atoms with E-state index in [9.17, 15) is 4.79 Å². The summed E-state index contributed by atoms with van der Waals surface area (Å²) in [5.74, 6) is 0. The number of pyridine rings is 1. The van der Waals surface area contributed by atoms with Crippen LogP contribution >= 0.6 is 11.3 Å². The summed E-state index contributed by atoms with van der Waals surface area (Å²) in [6, 6.07) is 3.89. The fourth-order valence-electron chi connectivity index (χ4n) is 2.20. The minimum Gasteiger partial charge on any atom is -0.291 e. The van der Waals surface area contributed by atoms with Crippen molar-refractivity contribution in [1.82, 2.24) is 14.5 Å². The zero-order valence-electron chi connectivity index (χ0n) is 11.6. The molecule has 0 unspecified atom stereocenters. The predicted molar refractivity (Wildman–Crippen MR) is 81.4 cm³/mol. The normalized spacial score (nSPS) is 12.8. The molecule has 1 atom stereocenters. The molecular formula is C15H15N3OS. The Balaban J connectivity index is 2.12. The summed E-state index contributed by atoms with van der Waals surface area (Å²) < 4.78 is 2.39. The van der Waals surface area contributed by atoms with Crippen LogP contribution in [0.3, 0.4) is 0 Å². The monoisotopic (exact) mass is 285 g/mol. The standard InChI is InChI=1S/C15H15N3OS/c1-9-7-20-14-13(9)17-8-18(15(14)19)11(3)12-5-4-10(2)16-6-12/h4-8,11H,1-3H3/t11-/m1/s1. The van der Waals surface area contributed by atoms with Crippen LogP contribution in [0.15, 0.2) is 34.8 Å². The van der Waals surface area contributed by atoms with Gasteiger partial charge in [-0.05, 0) is 43.3 Å². The largest absolute Gasteiger partial charge is 0.291 e. The summed E-state index contributed by atoms with van der Waals surface area (Å²) in [6.45, 7) is 5.91. The molecule has 0 aromatic carbocycles. The van der Waals surface area contributed by atoms with Crippen LogP contribution < -0.4 is 5.56 Å².